The van der Waals surface area contributed by atoms with Gasteiger partial charge in [-0.2, -0.15) is 5.26 Å². The fourth-order valence-corrected chi connectivity index (χ4v) is 2.00. The quantitative estimate of drug-likeness (QED) is 0.696. The second-order valence-electron chi connectivity index (χ2n) is 4.60. The maximum atomic E-state index is 12.9. The summed E-state index contributed by atoms with van der Waals surface area (Å²) >= 11 is 0. The van der Waals surface area contributed by atoms with Gasteiger partial charge in [0.15, 0.2) is 5.58 Å². The number of aromatic nitrogens is 1. The number of nitriles is 1. The molecule has 2 aromatic carbocycles. The standard InChI is InChI=1S/C16H11FN2O/c1-10(9-18)12-4-7-15-14(8-12)19-16(20-15)11-2-5-13(17)6-3-11/h2-8,10H,1H3. The van der Waals surface area contributed by atoms with Gasteiger partial charge in [-0.15, -0.1) is 0 Å². The monoisotopic (exact) mass is 266 g/mol. The van der Waals surface area contributed by atoms with Crippen LogP contribution in [0.25, 0.3) is 22.6 Å². The van der Waals surface area contributed by atoms with Gasteiger partial charge in [-0.3, -0.25) is 0 Å². The normalized spacial score (nSPS) is 12.2. The minimum absolute atomic E-state index is 0.189. The van der Waals surface area contributed by atoms with Gasteiger partial charge in [-0.25, -0.2) is 9.37 Å². The maximum absolute atomic E-state index is 12.9. The van der Waals surface area contributed by atoms with Crippen LogP contribution in [0.2, 0.25) is 0 Å². The van der Waals surface area contributed by atoms with E-state index in [4.69, 9.17) is 9.68 Å². The average molecular weight is 266 g/mol. The molecule has 0 N–H and O–H groups in total. The van der Waals surface area contributed by atoms with E-state index < -0.39 is 0 Å². The van der Waals surface area contributed by atoms with Gasteiger partial charge < -0.3 is 4.42 Å². The van der Waals surface area contributed by atoms with Gasteiger partial charge in [0, 0.05) is 5.56 Å². The summed E-state index contributed by atoms with van der Waals surface area (Å²) in [7, 11) is 0. The summed E-state index contributed by atoms with van der Waals surface area (Å²) in [6.07, 6.45) is 0. The van der Waals surface area contributed by atoms with Crippen molar-refractivity contribution in [2.24, 2.45) is 0 Å². The van der Waals surface area contributed by atoms with Crippen molar-refractivity contribution in [1.82, 2.24) is 4.98 Å². The van der Waals surface area contributed by atoms with Gasteiger partial charge in [0.05, 0.1) is 12.0 Å². The zero-order valence-electron chi connectivity index (χ0n) is 10.8. The zero-order chi connectivity index (χ0) is 14.1. The zero-order valence-corrected chi connectivity index (χ0v) is 10.8. The third-order valence-corrected chi connectivity index (χ3v) is 3.20. The third-order valence-electron chi connectivity index (χ3n) is 3.20. The fourth-order valence-electron chi connectivity index (χ4n) is 2.00. The number of hydrogen-bond acceptors (Lipinski definition) is 3. The first-order valence-electron chi connectivity index (χ1n) is 6.23. The molecule has 3 rings (SSSR count). The average Bonchev–Trinajstić information content (AvgIpc) is 2.90. The van der Waals surface area contributed by atoms with Crippen LogP contribution >= 0.6 is 0 Å². The lowest BCUT2D eigenvalue weighted by Gasteiger charge is -2.00. The molecule has 3 nitrogen and oxygen atoms in total. The highest BCUT2D eigenvalue weighted by Gasteiger charge is 2.11. The van der Waals surface area contributed by atoms with Crippen LogP contribution < -0.4 is 0 Å². The molecule has 0 bridgehead atoms. The number of rotatable bonds is 2. The topological polar surface area (TPSA) is 49.8 Å². The van der Waals surface area contributed by atoms with Gasteiger partial charge >= 0.3 is 0 Å². The molecule has 0 spiro atoms. The summed E-state index contributed by atoms with van der Waals surface area (Å²) in [4.78, 5) is 4.39. The molecule has 0 radical (unpaired) electrons. The van der Waals surface area contributed by atoms with Crippen molar-refractivity contribution in [2.75, 3.05) is 0 Å². The van der Waals surface area contributed by atoms with Crippen LogP contribution in [0.3, 0.4) is 0 Å². The van der Waals surface area contributed by atoms with E-state index in [9.17, 15) is 4.39 Å². The lowest BCUT2D eigenvalue weighted by Crippen LogP contribution is -1.88. The summed E-state index contributed by atoms with van der Waals surface area (Å²) in [5.41, 5.74) is 2.97. The molecule has 0 saturated carbocycles. The van der Waals surface area contributed by atoms with Gasteiger partial charge in [0.25, 0.3) is 0 Å². The van der Waals surface area contributed by atoms with E-state index in [2.05, 4.69) is 11.1 Å². The van der Waals surface area contributed by atoms with Crippen LogP contribution in [0.4, 0.5) is 4.39 Å². The molecule has 4 heteroatoms. The first-order chi connectivity index (χ1) is 9.67. The molecule has 0 aliphatic carbocycles. The van der Waals surface area contributed by atoms with Gasteiger partial charge in [0.2, 0.25) is 5.89 Å². The maximum Gasteiger partial charge on any atom is 0.227 e. The predicted molar refractivity (Wildman–Crippen MR) is 73.4 cm³/mol. The van der Waals surface area contributed by atoms with E-state index in [1.807, 2.05) is 19.1 Å². The summed E-state index contributed by atoms with van der Waals surface area (Å²) in [6, 6.07) is 13.7. The molecular weight excluding hydrogens is 255 g/mol. The molecule has 0 aliphatic rings. The van der Waals surface area contributed by atoms with Gasteiger partial charge in [-0.05, 0) is 48.9 Å². The second kappa shape index (κ2) is 4.78. The number of oxazole rings is 1. The van der Waals surface area contributed by atoms with Crippen molar-refractivity contribution < 1.29 is 8.81 Å². The molecule has 20 heavy (non-hydrogen) atoms. The largest absolute Gasteiger partial charge is 0.436 e. The number of hydrogen-bond donors (Lipinski definition) is 0. The molecular formula is C16H11FN2O. The molecule has 1 heterocycles. The molecule has 0 fully saturated rings. The van der Waals surface area contributed by atoms with Crippen LogP contribution in [0.1, 0.15) is 18.4 Å². The van der Waals surface area contributed by atoms with Crippen molar-refractivity contribution in [3.8, 4) is 17.5 Å². The number of benzene rings is 2. The molecule has 3 aromatic rings. The van der Waals surface area contributed by atoms with E-state index >= 15 is 0 Å². The Labute approximate surface area is 115 Å². The Bertz CT molecular complexity index is 799. The first kappa shape index (κ1) is 12.4. The SMILES string of the molecule is CC(C#N)c1ccc2oc(-c3ccc(F)cc3)nc2c1. The summed E-state index contributed by atoms with van der Waals surface area (Å²) in [5.74, 6) is -0.0397. The highest BCUT2D eigenvalue weighted by molar-refractivity contribution is 5.77. The number of nitrogens with zero attached hydrogens (tertiary/aromatic N) is 2. The summed E-state index contributed by atoms with van der Waals surface area (Å²) < 4.78 is 18.6. The van der Waals surface area contributed by atoms with Crippen molar-refractivity contribution >= 4 is 11.1 Å². The van der Waals surface area contributed by atoms with E-state index in [-0.39, 0.29) is 11.7 Å². The molecule has 98 valence electrons. The van der Waals surface area contributed by atoms with Crippen LogP contribution in [0.5, 0.6) is 0 Å². The van der Waals surface area contributed by atoms with E-state index in [0.717, 1.165) is 11.1 Å². The molecule has 1 aromatic heterocycles. The van der Waals surface area contributed by atoms with Crippen LogP contribution in [0.15, 0.2) is 46.9 Å². The fraction of sp³-hybridized carbons (Fsp3) is 0.125. The predicted octanol–water partition coefficient (Wildman–Crippen LogP) is 4.26. The van der Waals surface area contributed by atoms with Crippen molar-refractivity contribution in [2.45, 2.75) is 12.8 Å². The van der Waals surface area contributed by atoms with E-state index in [1.165, 1.54) is 12.1 Å². The summed E-state index contributed by atoms with van der Waals surface area (Å²) in [6.45, 7) is 1.84. The minimum atomic E-state index is -0.296. The Kier molecular flexibility index (Phi) is 2.96. The number of fused-ring (bicyclic) bond motifs is 1. The molecule has 1 unspecified atom stereocenters. The Balaban J connectivity index is 2.07. The van der Waals surface area contributed by atoms with Crippen LogP contribution in [-0.4, -0.2) is 4.98 Å². The second-order valence-corrected chi connectivity index (χ2v) is 4.60. The molecule has 1 atom stereocenters. The number of halogens is 1. The van der Waals surface area contributed by atoms with E-state index in [1.54, 1.807) is 18.2 Å². The summed E-state index contributed by atoms with van der Waals surface area (Å²) in [5, 5.41) is 8.94. The van der Waals surface area contributed by atoms with E-state index in [0.29, 0.717) is 17.0 Å². The van der Waals surface area contributed by atoms with Crippen molar-refractivity contribution in [3.63, 3.8) is 0 Å². The Hall–Kier alpha value is -2.67. The Morgan fingerprint density at radius 2 is 1.95 bits per heavy atom. The van der Waals surface area contributed by atoms with Gasteiger partial charge in [-0.1, -0.05) is 6.07 Å². The van der Waals surface area contributed by atoms with Crippen molar-refractivity contribution in [3.05, 3.63) is 53.8 Å². The molecule has 0 amide bonds. The highest BCUT2D eigenvalue weighted by atomic mass is 19.1. The molecule has 0 aliphatic heterocycles. The lowest BCUT2D eigenvalue weighted by molar-refractivity contribution is 0.616. The third kappa shape index (κ3) is 2.14. The van der Waals surface area contributed by atoms with Crippen LogP contribution in [0, 0.1) is 17.1 Å². The minimum Gasteiger partial charge on any atom is -0.436 e. The Morgan fingerprint density at radius 1 is 1.20 bits per heavy atom. The molecule has 0 saturated heterocycles. The van der Waals surface area contributed by atoms with Crippen molar-refractivity contribution in [1.29, 1.82) is 5.26 Å². The first-order valence-corrected chi connectivity index (χ1v) is 6.23. The van der Waals surface area contributed by atoms with Crippen LogP contribution in [-0.2, 0) is 0 Å². The van der Waals surface area contributed by atoms with Gasteiger partial charge in [0.1, 0.15) is 11.3 Å². The lowest BCUT2D eigenvalue weighted by atomic mass is 10.0. The highest BCUT2D eigenvalue weighted by Crippen LogP contribution is 2.26. The Morgan fingerprint density at radius 3 is 2.65 bits per heavy atom. The smallest absolute Gasteiger partial charge is 0.227 e.